The maximum Gasteiger partial charge on any atom is 0.253 e. The standard InChI is InChI=1S/C37H39N3O6/c1-4-36-18-8-20-38(27-14-16-29(17-15-27)45-5-2)33(42)30(36)31-34(43)40(24(3)23-41)32-35(44)39(21-9-19-37(31,32)46-36)28-13-12-25-10-6-7-11-26(25)22-28/h6-19,22,24,30-32,41H,4-5,20-21,23H2,1-3H3/t24-,30+,31+,32?,36-,37+/m1/s1. The highest BCUT2D eigenvalue weighted by molar-refractivity contribution is 6.08. The van der Waals surface area contributed by atoms with Crippen molar-refractivity contribution in [1.82, 2.24) is 4.90 Å². The number of hydrogen-bond acceptors (Lipinski definition) is 6. The van der Waals surface area contributed by atoms with Gasteiger partial charge in [-0.1, -0.05) is 61.6 Å². The van der Waals surface area contributed by atoms with Crippen LogP contribution in [-0.4, -0.2) is 77.3 Å². The van der Waals surface area contributed by atoms with Gasteiger partial charge in [0.15, 0.2) is 0 Å². The largest absolute Gasteiger partial charge is 0.494 e. The number of carbonyl (C=O) groups excluding carboxylic acids is 3. The van der Waals surface area contributed by atoms with E-state index < -0.39 is 35.1 Å². The molecule has 9 nitrogen and oxygen atoms in total. The van der Waals surface area contributed by atoms with Gasteiger partial charge in [-0.15, -0.1) is 0 Å². The molecule has 3 aromatic rings. The molecular weight excluding hydrogens is 582 g/mol. The summed E-state index contributed by atoms with van der Waals surface area (Å²) in [6.45, 7) is 6.37. The number of benzene rings is 3. The van der Waals surface area contributed by atoms with Gasteiger partial charge >= 0.3 is 0 Å². The summed E-state index contributed by atoms with van der Waals surface area (Å²) in [5, 5.41) is 12.4. The first kappa shape index (κ1) is 30.2. The van der Waals surface area contributed by atoms with Crippen molar-refractivity contribution in [3.05, 3.63) is 91.0 Å². The van der Waals surface area contributed by atoms with E-state index in [1.165, 1.54) is 4.90 Å². The number of nitrogens with zero attached hydrogens (tertiary/aromatic N) is 3. The van der Waals surface area contributed by atoms with E-state index in [0.717, 1.165) is 10.8 Å². The summed E-state index contributed by atoms with van der Waals surface area (Å²) in [7, 11) is 0. The minimum atomic E-state index is -1.41. The van der Waals surface area contributed by atoms with Crippen LogP contribution in [0, 0.1) is 11.8 Å². The zero-order valence-electron chi connectivity index (χ0n) is 26.3. The molecule has 1 unspecified atom stereocenters. The Morgan fingerprint density at radius 2 is 1.52 bits per heavy atom. The fourth-order valence-corrected chi connectivity index (χ4v) is 7.96. The molecule has 3 aromatic carbocycles. The summed E-state index contributed by atoms with van der Waals surface area (Å²) in [5.41, 5.74) is -1.13. The fraction of sp³-hybridized carbons (Fsp3) is 0.378. The monoisotopic (exact) mass is 621 g/mol. The zero-order chi connectivity index (χ0) is 32.2. The molecule has 7 rings (SSSR count). The van der Waals surface area contributed by atoms with Crippen molar-refractivity contribution in [2.24, 2.45) is 11.8 Å². The lowest BCUT2D eigenvalue weighted by Crippen LogP contribution is -2.58. The predicted molar refractivity (Wildman–Crippen MR) is 176 cm³/mol. The molecule has 4 aliphatic rings. The third-order valence-electron chi connectivity index (χ3n) is 10.1. The maximum atomic E-state index is 14.8. The minimum absolute atomic E-state index is 0.236. The number of carbonyl (C=O) groups is 3. The Morgan fingerprint density at radius 3 is 2.22 bits per heavy atom. The predicted octanol–water partition coefficient (Wildman–Crippen LogP) is 4.49. The van der Waals surface area contributed by atoms with Crippen LogP contribution in [0.5, 0.6) is 5.75 Å². The van der Waals surface area contributed by atoms with Crippen LogP contribution in [-0.2, 0) is 19.1 Å². The second kappa shape index (κ2) is 11.4. The smallest absolute Gasteiger partial charge is 0.253 e. The third-order valence-corrected chi connectivity index (χ3v) is 10.1. The summed E-state index contributed by atoms with van der Waals surface area (Å²) in [4.78, 5) is 49.0. The van der Waals surface area contributed by atoms with E-state index in [1.807, 2.05) is 105 Å². The van der Waals surface area contributed by atoms with E-state index >= 15 is 0 Å². The Bertz CT molecular complexity index is 1750. The molecule has 4 heterocycles. The first-order valence-corrected chi connectivity index (χ1v) is 16.1. The molecule has 0 saturated carbocycles. The van der Waals surface area contributed by atoms with E-state index in [0.29, 0.717) is 36.7 Å². The molecule has 3 amide bonds. The number of aliphatic hydroxyl groups excluding tert-OH is 1. The van der Waals surface area contributed by atoms with E-state index in [4.69, 9.17) is 9.47 Å². The molecule has 1 spiro atoms. The molecule has 2 saturated heterocycles. The number of hydrogen-bond donors (Lipinski definition) is 1. The molecule has 0 radical (unpaired) electrons. The van der Waals surface area contributed by atoms with Crippen molar-refractivity contribution in [1.29, 1.82) is 0 Å². The van der Waals surface area contributed by atoms with Crippen LogP contribution in [0.1, 0.15) is 27.2 Å². The van der Waals surface area contributed by atoms with Crippen LogP contribution in [0.3, 0.4) is 0 Å². The molecule has 0 aromatic heterocycles. The van der Waals surface area contributed by atoms with Crippen molar-refractivity contribution in [2.45, 2.75) is 50.5 Å². The number of ether oxygens (including phenoxy) is 2. The molecule has 0 aliphatic carbocycles. The van der Waals surface area contributed by atoms with Gasteiger partial charge in [-0.2, -0.15) is 0 Å². The van der Waals surface area contributed by atoms with Crippen molar-refractivity contribution >= 4 is 39.9 Å². The Hall–Kier alpha value is -4.47. The van der Waals surface area contributed by atoms with Crippen molar-refractivity contribution in [2.75, 3.05) is 36.1 Å². The highest BCUT2D eigenvalue weighted by atomic mass is 16.5. The molecule has 238 valence electrons. The summed E-state index contributed by atoms with van der Waals surface area (Å²) in [6, 6.07) is 19.4. The molecule has 1 N–H and O–H groups in total. The second-order valence-corrected chi connectivity index (χ2v) is 12.6. The van der Waals surface area contributed by atoms with Crippen molar-refractivity contribution < 1.29 is 29.0 Å². The quantitative estimate of drug-likeness (QED) is 0.391. The summed E-state index contributed by atoms with van der Waals surface area (Å²) in [5.74, 6) is -2.06. The van der Waals surface area contributed by atoms with Crippen LogP contribution >= 0.6 is 0 Å². The Labute approximate surface area is 268 Å². The van der Waals surface area contributed by atoms with Gasteiger partial charge in [-0.25, -0.2) is 0 Å². The third kappa shape index (κ3) is 4.40. The van der Waals surface area contributed by atoms with Gasteiger partial charge < -0.3 is 29.3 Å². The number of amides is 3. The Balaban J connectivity index is 1.33. The summed E-state index contributed by atoms with van der Waals surface area (Å²) >= 11 is 0. The zero-order valence-corrected chi connectivity index (χ0v) is 26.3. The Kier molecular flexibility index (Phi) is 7.48. The van der Waals surface area contributed by atoms with E-state index in [-0.39, 0.29) is 30.9 Å². The van der Waals surface area contributed by atoms with Crippen molar-refractivity contribution in [3.63, 3.8) is 0 Å². The highest BCUT2D eigenvalue weighted by Gasteiger charge is 2.75. The van der Waals surface area contributed by atoms with Gasteiger partial charge in [0.25, 0.3) is 5.91 Å². The van der Waals surface area contributed by atoms with Gasteiger partial charge in [0.05, 0.1) is 36.7 Å². The van der Waals surface area contributed by atoms with Gasteiger partial charge in [-0.05, 0) is 67.4 Å². The van der Waals surface area contributed by atoms with Crippen LogP contribution < -0.4 is 14.5 Å². The topological polar surface area (TPSA) is 99.6 Å². The lowest BCUT2D eigenvalue weighted by atomic mass is 9.73. The molecule has 46 heavy (non-hydrogen) atoms. The average molecular weight is 622 g/mol. The van der Waals surface area contributed by atoms with Crippen LogP contribution in [0.4, 0.5) is 11.4 Å². The molecule has 9 heteroatoms. The van der Waals surface area contributed by atoms with E-state index in [1.54, 1.807) is 16.7 Å². The number of likely N-dealkylation sites (tertiary alicyclic amines) is 1. The number of anilines is 2. The summed E-state index contributed by atoms with van der Waals surface area (Å²) in [6.07, 6.45) is 8.00. The molecular formula is C37H39N3O6. The average Bonchev–Trinajstić information content (AvgIpc) is 3.37. The highest BCUT2D eigenvalue weighted by Crippen LogP contribution is 2.59. The lowest BCUT2D eigenvalue weighted by molar-refractivity contribution is -0.148. The van der Waals surface area contributed by atoms with E-state index in [2.05, 4.69) is 0 Å². The van der Waals surface area contributed by atoms with Crippen LogP contribution in [0.15, 0.2) is 91.0 Å². The number of rotatable bonds is 7. The molecule has 4 aliphatic heterocycles. The number of fused-ring (bicyclic) bond motifs is 3. The molecule has 2 fully saturated rings. The van der Waals surface area contributed by atoms with Crippen molar-refractivity contribution in [3.8, 4) is 5.75 Å². The SMILES string of the molecule is CCOc1ccc(N2CC=C[C@@]3(CC)O[C@]45C=CCN(c6ccc7ccccc7c6)C(=O)C4N([C@H](C)CO)C(=O)[C@@H]5[C@H]3C2=O)cc1. The van der Waals surface area contributed by atoms with Crippen LogP contribution in [0.2, 0.25) is 0 Å². The Morgan fingerprint density at radius 1 is 0.848 bits per heavy atom. The molecule has 0 bridgehead atoms. The molecule has 6 atom stereocenters. The van der Waals surface area contributed by atoms with Gasteiger partial charge in [0.1, 0.15) is 17.4 Å². The minimum Gasteiger partial charge on any atom is -0.494 e. The van der Waals surface area contributed by atoms with E-state index in [9.17, 15) is 19.5 Å². The van der Waals surface area contributed by atoms with Crippen LogP contribution in [0.25, 0.3) is 10.8 Å². The first-order valence-electron chi connectivity index (χ1n) is 16.1. The maximum absolute atomic E-state index is 14.8. The normalized spacial score (nSPS) is 29.4. The van der Waals surface area contributed by atoms with Gasteiger partial charge in [-0.3, -0.25) is 14.4 Å². The summed E-state index contributed by atoms with van der Waals surface area (Å²) < 4.78 is 12.7. The fourth-order valence-electron chi connectivity index (χ4n) is 7.96. The van der Waals surface area contributed by atoms with Gasteiger partial charge in [0.2, 0.25) is 11.8 Å². The number of aliphatic hydroxyl groups is 1. The second-order valence-electron chi connectivity index (χ2n) is 12.6. The van der Waals surface area contributed by atoms with Gasteiger partial charge in [0, 0.05) is 24.5 Å². The lowest BCUT2D eigenvalue weighted by Gasteiger charge is -2.40. The first-order chi connectivity index (χ1) is 22.3.